The van der Waals surface area contributed by atoms with E-state index in [0.717, 1.165) is 13.0 Å². The van der Waals surface area contributed by atoms with Crippen LogP contribution in [0.4, 0.5) is 0 Å². The van der Waals surface area contributed by atoms with E-state index in [-0.39, 0.29) is 5.92 Å². The molecule has 2 rings (SSSR count). The largest absolute Gasteiger partial charge is 0.383 e. The van der Waals surface area contributed by atoms with Gasteiger partial charge in [-0.3, -0.25) is 4.68 Å². The maximum atomic E-state index is 10.3. The molecule has 2 heterocycles. The number of hydrogen-bond acceptors (Lipinski definition) is 4. The number of aryl methyl sites for hydroxylation is 1. The summed E-state index contributed by atoms with van der Waals surface area (Å²) >= 11 is 0. The highest BCUT2D eigenvalue weighted by molar-refractivity contribution is 5.07. The van der Waals surface area contributed by atoms with Crippen LogP contribution in [-0.4, -0.2) is 33.3 Å². The normalized spacial score (nSPS) is 26.4. The van der Waals surface area contributed by atoms with Crippen molar-refractivity contribution in [3.63, 3.8) is 0 Å². The minimum absolute atomic E-state index is 0.124. The van der Waals surface area contributed by atoms with Crippen molar-refractivity contribution in [2.45, 2.75) is 18.9 Å². The Morgan fingerprint density at radius 1 is 1.71 bits per heavy atom. The fourth-order valence-electron chi connectivity index (χ4n) is 1.77. The zero-order chi connectivity index (χ0) is 10.2. The number of rotatable bonds is 2. The number of nitrogens with zero attached hydrogens (tertiary/aromatic N) is 3. The van der Waals surface area contributed by atoms with Gasteiger partial charge in [-0.05, 0) is 13.3 Å². The van der Waals surface area contributed by atoms with Crippen LogP contribution in [-0.2, 0) is 17.4 Å². The second kappa shape index (κ2) is 3.33. The van der Waals surface area contributed by atoms with E-state index >= 15 is 0 Å². The summed E-state index contributed by atoms with van der Waals surface area (Å²) in [7, 11) is 1.79. The van der Waals surface area contributed by atoms with Crippen LogP contribution in [0, 0.1) is 5.92 Å². The molecule has 0 radical (unpaired) electrons. The third kappa shape index (κ3) is 1.53. The van der Waals surface area contributed by atoms with Gasteiger partial charge < -0.3 is 9.84 Å². The average molecular weight is 197 g/mol. The summed E-state index contributed by atoms with van der Waals surface area (Å²) in [6, 6.07) is 0. The fraction of sp³-hybridized carbons (Fsp3) is 0.778. The number of aliphatic hydroxyl groups is 1. The van der Waals surface area contributed by atoms with Gasteiger partial charge in [0.25, 0.3) is 0 Å². The van der Waals surface area contributed by atoms with E-state index in [9.17, 15) is 5.11 Å². The molecule has 0 spiro atoms. The zero-order valence-electron chi connectivity index (χ0n) is 8.47. The summed E-state index contributed by atoms with van der Waals surface area (Å²) in [4.78, 5) is 0. The standard InChI is InChI=1S/C9H15N3O2/c1-9(13,7-3-4-14-6-7)8-5-12(2)11-10-8/h5,7,13H,3-4,6H2,1-2H3. The molecule has 1 fully saturated rings. The van der Waals surface area contributed by atoms with Crippen molar-refractivity contribution in [3.8, 4) is 0 Å². The minimum atomic E-state index is -0.926. The molecule has 5 heteroatoms. The topological polar surface area (TPSA) is 60.2 Å². The lowest BCUT2D eigenvalue weighted by Gasteiger charge is -2.26. The van der Waals surface area contributed by atoms with Crippen LogP contribution in [0.25, 0.3) is 0 Å². The first-order valence-corrected chi connectivity index (χ1v) is 4.77. The molecule has 1 N–H and O–H groups in total. The van der Waals surface area contributed by atoms with Crippen molar-refractivity contribution in [1.29, 1.82) is 0 Å². The summed E-state index contributed by atoms with van der Waals surface area (Å²) in [5, 5.41) is 18.1. The molecule has 0 amide bonds. The SMILES string of the molecule is Cn1cc(C(C)(O)C2CCOC2)nn1. The maximum Gasteiger partial charge on any atom is 0.114 e. The van der Waals surface area contributed by atoms with Gasteiger partial charge in [-0.25, -0.2) is 0 Å². The third-order valence-corrected chi connectivity index (χ3v) is 2.85. The molecule has 0 aliphatic carbocycles. The Labute approximate surface area is 82.7 Å². The second-order valence-electron chi connectivity index (χ2n) is 3.99. The molecule has 2 atom stereocenters. The van der Waals surface area contributed by atoms with Gasteiger partial charge in [-0.1, -0.05) is 5.21 Å². The summed E-state index contributed by atoms with van der Waals surface area (Å²) in [6.45, 7) is 3.10. The highest BCUT2D eigenvalue weighted by Gasteiger charge is 2.38. The monoisotopic (exact) mass is 197 g/mol. The Bertz CT molecular complexity index is 316. The first-order chi connectivity index (χ1) is 6.60. The Morgan fingerprint density at radius 2 is 2.50 bits per heavy atom. The van der Waals surface area contributed by atoms with Crippen LogP contribution < -0.4 is 0 Å². The Kier molecular flexibility index (Phi) is 2.28. The van der Waals surface area contributed by atoms with Gasteiger partial charge in [0, 0.05) is 19.6 Å². The number of hydrogen-bond donors (Lipinski definition) is 1. The van der Waals surface area contributed by atoms with Crippen molar-refractivity contribution >= 4 is 0 Å². The minimum Gasteiger partial charge on any atom is -0.383 e. The molecule has 2 unspecified atom stereocenters. The van der Waals surface area contributed by atoms with Crippen molar-refractivity contribution in [3.05, 3.63) is 11.9 Å². The third-order valence-electron chi connectivity index (χ3n) is 2.85. The highest BCUT2D eigenvalue weighted by atomic mass is 16.5. The van der Waals surface area contributed by atoms with Crippen LogP contribution in [0.1, 0.15) is 19.0 Å². The van der Waals surface area contributed by atoms with E-state index in [1.54, 1.807) is 24.9 Å². The lowest BCUT2D eigenvalue weighted by Crippen LogP contribution is -2.32. The van der Waals surface area contributed by atoms with Crippen molar-refractivity contribution in [2.24, 2.45) is 13.0 Å². The van der Waals surface area contributed by atoms with Crippen LogP contribution in [0.15, 0.2) is 6.20 Å². The summed E-state index contributed by atoms with van der Waals surface area (Å²) in [5.74, 6) is 0.124. The molecule has 5 nitrogen and oxygen atoms in total. The van der Waals surface area contributed by atoms with Crippen molar-refractivity contribution in [2.75, 3.05) is 13.2 Å². The van der Waals surface area contributed by atoms with Gasteiger partial charge in [0.2, 0.25) is 0 Å². The molecule has 1 aliphatic rings. The Hall–Kier alpha value is -0.940. The maximum absolute atomic E-state index is 10.3. The predicted octanol–water partition coefficient (Wildman–Crippen LogP) is 0.0591. The predicted molar refractivity (Wildman–Crippen MR) is 49.5 cm³/mol. The lowest BCUT2D eigenvalue weighted by molar-refractivity contribution is -0.0136. The highest BCUT2D eigenvalue weighted by Crippen LogP contribution is 2.33. The van der Waals surface area contributed by atoms with Crippen molar-refractivity contribution in [1.82, 2.24) is 15.0 Å². The van der Waals surface area contributed by atoms with E-state index in [1.807, 2.05) is 0 Å². The first-order valence-electron chi connectivity index (χ1n) is 4.77. The Morgan fingerprint density at radius 3 is 3.00 bits per heavy atom. The molecule has 1 saturated heterocycles. The zero-order valence-corrected chi connectivity index (χ0v) is 8.47. The number of ether oxygens (including phenoxy) is 1. The van der Waals surface area contributed by atoms with E-state index in [4.69, 9.17) is 4.74 Å². The van der Waals surface area contributed by atoms with Gasteiger partial charge in [0.05, 0.1) is 12.8 Å². The molecule has 0 bridgehead atoms. The Balaban J connectivity index is 2.22. The average Bonchev–Trinajstić information content (AvgIpc) is 2.72. The van der Waals surface area contributed by atoms with Crippen LogP contribution in [0.2, 0.25) is 0 Å². The lowest BCUT2D eigenvalue weighted by atomic mass is 9.86. The van der Waals surface area contributed by atoms with Gasteiger partial charge in [-0.15, -0.1) is 5.10 Å². The van der Waals surface area contributed by atoms with Crippen LogP contribution in [0.3, 0.4) is 0 Å². The summed E-state index contributed by atoms with van der Waals surface area (Å²) in [5.41, 5.74) is -0.305. The molecule has 0 saturated carbocycles. The quantitative estimate of drug-likeness (QED) is 0.728. The molecule has 0 aromatic carbocycles. The van der Waals surface area contributed by atoms with E-state index in [2.05, 4.69) is 10.3 Å². The number of aromatic nitrogens is 3. The molecular formula is C9H15N3O2. The molecule has 78 valence electrons. The van der Waals surface area contributed by atoms with E-state index in [1.165, 1.54) is 0 Å². The van der Waals surface area contributed by atoms with E-state index < -0.39 is 5.60 Å². The molecule has 1 aliphatic heterocycles. The van der Waals surface area contributed by atoms with Gasteiger partial charge in [0.15, 0.2) is 0 Å². The smallest absolute Gasteiger partial charge is 0.114 e. The molecule has 1 aromatic rings. The van der Waals surface area contributed by atoms with Crippen molar-refractivity contribution < 1.29 is 9.84 Å². The van der Waals surface area contributed by atoms with Gasteiger partial charge in [0.1, 0.15) is 11.3 Å². The van der Waals surface area contributed by atoms with E-state index in [0.29, 0.717) is 12.3 Å². The molecule has 14 heavy (non-hydrogen) atoms. The molecular weight excluding hydrogens is 182 g/mol. The van der Waals surface area contributed by atoms with Gasteiger partial charge >= 0.3 is 0 Å². The van der Waals surface area contributed by atoms with Gasteiger partial charge in [-0.2, -0.15) is 0 Å². The summed E-state index contributed by atoms with van der Waals surface area (Å²) in [6.07, 6.45) is 2.63. The molecule has 1 aromatic heterocycles. The first kappa shape index (κ1) is 9.61. The fourth-order valence-corrected chi connectivity index (χ4v) is 1.77. The van der Waals surface area contributed by atoms with Crippen LogP contribution in [0.5, 0.6) is 0 Å². The van der Waals surface area contributed by atoms with Crippen LogP contribution >= 0.6 is 0 Å². The summed E-state index contributed by atoms with van der Waals surface area (Å²) < 4.78 is 6.85. The second-order valence-corrected chi connectivity index (χ2v) is 3.99.